The van der Waals surface area contributed by atoms with Crippen molar-refractivity contribution in [3.63, 3.8) is 0 Å². The van der Waals surface area contributed by atoms with Gasteiger partial charge >= 0.3 is 5.97 Å². The van der Waals surface area contributed by atoms with Gasteiger partial charge in [-0.25, -0.2) is 9.78 Å². The van der Waals surface area contributed by atoms with Gasteiger partial charge in [0.25, 0.3) is 0 Å². The number of imidazole rings is 1. The molecule has 0 aromatic carbocycles. The molecule has 86 valence electrons. The predicted octanol–water partition coefficient (Wildman–Crippen LogP) is 2.40. The molecule has 0 fully saturated rings. The third-order valence-corrected chi connectivity index (χ3v) is 3.46. The fourth-order valence-electron chi connectivity index (χ4n) is 1.90. The van der Waals surface area contributed by atoms with Gasteiger partial charge in [0.1, 0.15) is 0 Å². The van der Waals surface area contributed by atoms with Gasteiger partial charge in [0.05, 0.1) is 11.4 Å². The lowest BCUT2D eigenvalue weighted by Gasteiger charge is -1.99. The summed E-state index contributed by atoms with van der Waals surface area (Å²) >= 11 is 1.44. The molecule has 0 atom stereocenters. The first-order valence-electron chi connectivity index (χ1n) is 5.01. The molecule has 0 amide bonds. The summed E-state index contributed by atoms with van der Waals surface area (Å²) in [5.74, 6) is -0.954. The molecule has 17 heavy (non-hydrogen) atoms. The van der Waals surface area contributed by atoms with Crippen molar-refractivity contribution in [3.05, 3.63) is 35.2 Å². The summed E-state index contributed by atoms with van der Waals surface area (Å²) in [6, 6.07) is 1.91. The number of carboxylic acids is 1. The number of aromatic carboxylic acids is 1. The van der Waals surface area contributed by atoms with Crippen molar-refractivity contribution in [1.29, 1.82) is 0 Å². The quantitative estimate of drug-likeness (QED) is 0.730. The number of aromatic nitrogens is 3. The lowest BCUT2D eigenvalue weighted by molar-refractivity contribution is 0.0688. The molecular weight excluding hydrogens is 238 g/mol. The summed E-state index contributed by atoms with van der Waals surface area (Å²) < 4.78 is 1.69. The van der Waals surface area contributed by atoms with E-state index in [4.69, 9.17) is 0 Å². The maximum atomic E-state index is 11.3. The van der Waals surface area contributed by atoms with E-state index in [0.717, 1.165) is 11.3 Å². The Hall–Kier alpha value is -2.08. The fourth-order valence-corrected chi connectivity index (χ4v) is 2.84. The number of aromatic amines is 1. The Morgan fingerprint density at radius 2 is 2.41 bits per heavy atom. The van der Waals surface area contributed by atoms with Crippen molar-refractivity contribution in [1.82, 2.24) is 14.4 Å². The summed E-state index contributed by atoms with van der Waals surface area (Å²) in [4.78, 5) is 19.2. The average Bonchev–Trinajstić information content (AvgIpc) is 2.90. The highest BCUT2D eigenvalue weighted by molar-refractivity contribution is 7.15. The third kappa shape index (κ3) is 1.38. The molecule has 0 aliphatic rings. The first-order valence-corrected chi connectivity index (χ1v) is 5.89. The number of nitrogens with one attached hydrogen (secondary N) is 1. The third-order valence-electron chi connectivity index (χ3n) is 2.63. The molecule has 0 aliphatic heterocycles. The highest BCUT2D eigenvalue weighted by Gasteiger charge is 2.20. The maximum absolute atomic E-state index is 11.3. The number of hydrogen-bond acceptors (Lipinski definition) is 3. The Morgan fingerprint density at radius 1 is 1.59 bits per heavy atom. The topological polar surface area (TPSA) is 70.4 Å². The van der Waals surface area contributed by atoms with Crippen LogP contribution in [-0.4, -0.2) is 25.4 Å². The molecule has 0 aliphatic carbocycles. The fraction of sp³-hybridized carbons (Fsp3) is 0.0909. The lowest BCUT2D eigenvalue weighted by atomic mass is 10.2. The van der Waals surface area contributed by atoms with E-state index in [1.165, 1.54) is 11.3 Å². The van der Waals surface area contributed by atoms with Crippen LogP contribution in [0.4, 0.5) is 0 Å². The minimum atomic E-state index is -0.954. The maximum Gasteiger partial charge on any atom is 0.354 e. The predicted molar refractivity (Wildman–Crippen MR) is 64.6 cm³/mol. The van der Waals surface area contributed by atoms with Gasteiger partial charge in [-0.05, 0) is 13.0 Å². The Balaban J connectivity index is 2.37. The molecule has 3 aromatic rings. The summed E-state index contributed by atoms with van der Waals surface area (Å²) in [5, 5.41) is 11.1. The Kier molecular flexibility index (Phi) is 2.05. The van der Waals surface area contributed by atoms with E-state index in [1.807, 2.05) is 23.8 Å². The normalized spacial score (nSPS) is 11.1. The van der Waals surface area contributed by atoms with E-state index < -0.39 is 5.97 Å². The lowest BCUT2D eigenvalue weighted by Crippen LogP contribution is -2.03. The zero-order valence-electron chi connectivity index (χ0n) is 8.97. The van der Waals surface area contributed by atoms with E-state index >= 15 is 0 Å². The van der Waals surface area contributed by atoms with Gasteiger partial charge in [0, 0.05) is 23.3 Å². The largest absolute Gasteiger partial charge is 0.477 e. The van der Waals surface area contributed by atoms with Crippen LogP contribution in [0.1, 0.15) is 16.2 Å². The van der Waals surface area contributed by atoms with Crippen molar-refractivity contribution in [2.45, 2.75) is 6.92 Å². The highest BCUT2D eigenvalue weighted by atomic mass is 32.1. The minimum absolute atomic E-state index is 0.234. The van der Waals surface area contributed by atoms with Crippen LogP contribution in [0.3, 0.4) is 0 Å². The standard InChI is InChI=1S/C11H9N3O2S/c1-6-9(10(15)16)14-8(5-17-11(14)13-6)7-2-3-12-4-7/h2-5,12H,1H3,(H,15,16). The molecule has 3 rings (SSSR count). The van der Waals surface area contributed by atoms with E-state index in [2.05, 4.69) is 9.97 Å². The van der Waals surface area contributed by atoms with Gasteiger partial charge in [-0.15, -0.1) is 11.3 Å². The summed E-state index contributed by atoms with van der Waals surface area (Å²) in [6.45, 7) is 1.71. The molecule has 6 heteroatoms. The number of carboxylic acid groups (broad SMARTS) is 1. The zero-order chi connectivity index (χ0) is 12.0. The molecule has 0 saturated carbocycles. The number of thiazole rings is 1. The number of aryl methyl sites for hydroxylation is 1. The van der Waals surface area contributed by atoms with Gasteiger partial charge in [-0.1, -0.05) is 0 Å². The van der Waals surface area contributed by atoms with E-state index in [-0.39, 0.29) is 5.69 Å². The zero-order valence-corrected chi connectivity index (χ0v) is 9.78. The smallest absolute Gasteiger partial charge is 0.354 e. The monoisotopic (exact) mass is 247 g/mol. The van der Waals surface area contributed by atoms with Crippen molar-refractivity contribution >= 4 is 22.3 Å². The molecule has 0 saturated heterocycles. The van der Waals surface area contributed by atoms with Crippen LogP contribution in [0.25, 0.3) is 16.2 Å². The van der Waals surface area contributed by atoms with Gasteiger partial charge in [0.2, 0.25) is 0 Å². The van der Waals surface area contributed by atoms with Gasteiger partial charge in [0.15, 0.2) is 10.7 Å². The van der Waals surface area contributed by atoms with Crippen LogP contribution in [-0.2, 0) is 0 Å². The van der Waals surface area contributed by atoms with Crippen molar-refractivity contribution in [3.8, 4) is 11.3 Å². The number of H-pyrrole nitrogens is 1. The van der Waals surface area contributed by atoms with Gasteiger partial charge in [-0.3, -0.25) is 4.40 Å². The summed E-state index contributed by atoms with van der Waals surface area (Å²) in [5.41, 5.74) is 2.58. The molecule has 2 N–H and O–H groups in total. The number of fused-ring (bicyclic) bond motifs is 1. The van der Waals surface area contributed by atoms with Crippen molar-refractivity contribution in [2.75, 3.05) is 0 Å². The Morgan fingerprint density at radius 3 is 3.06 bits per heavy atom. The summed E-state index contributed by atoms with van der Waals surface area (Å²) in [6.07, 6.45) is 3.64. The summed E-state index contributed by atoms with van der Waals surface area (Å²) in [7, 11) is 0. The van der Waals surface area contributed by atoms with Crippen LogP contribution in [0.5, 0.6) is 0 Å². The first kappa shape index (κ1) is 10.1. The van der Waals surface area contributed by atoms with Crippen LogP contribution >= 0.6 is 11.3 Å². The number of hydrogen-bond donors (Lipinski definition) is 2. The Bertz CT molecular complexity index is 694. The molecule has 0 bridgehead atoms. The van der Waals surface area contributed by atoms with Crippen molar-refractivity contribution < 1.29 is 9.90 Å². The second kappa shape index (κ2) is 3.46. The SMILES string of the molecule is Cc1nc2scc(-c3cc[nH]c3)n2c1C(=O)O. The molecule has 3 heterocycles. The van der Waals surface area contributed by atoms with Crippen LogP contribution < -0.4 is 0 Å². The number of nitrogens with zero attached hydrogens (tertiary/aromatic N) is 2. The van der Waals surface area contributed by atoms with Crippen LogP contribution in [0.2, 0.25) is 0 Å². The van der Waals surface area contributed by atoms with E-state index in [0.29, 0.717) is 10.7 Å². The average molecular weight is 247 g/mol. The van der Waals surface area contributed by atoms with Gasteiger partial charge < -0.3 is 10.1 Å². The molecule has 0 spiro atoms. The van der Waals surface area contributed by atoms with Gasteiger partial charge in [-0.2, -0.15) is 0 Å². The van der Waals surface area contributed by atoms with Crippen LogP contribution in [0.15, 0.2) is 23.8 Å². The van der Waals surface area contributed by atoms with E-state index in [1.54, 1.807) is 11.3 Å². The van der Waals surface area contributed by atoms with Crippen molar-refractivity contribution in [2.24, 2.45) is 0 Å². The first-order chi connectivity index (χ1) is 8.18. The molecule has 3 aromatic heterocycles. The molecule has 0 unspecified atom stereocenters. The minimum Gasteiger partial charge on any atom is -0.477 e. The second-order valence-corrected chi connectivity index (χ2v) is 4.53. The number of rotatable bonds is 2. The molecule has 5 nitrogen and oxygen atoms in total. The Labute approximate surface area is 100 Å². The van der Waals surface area contributed by atoms with Crippen LogP contribution in [0, 0.1) is 6.92 Å². The second-order valence-electron chi connectivity index (χ2n) is 3.69. The molecular formula is C11H9N3O2S. The van der Waals surface area contributed by atoms with E-state index in [9.17, 15) is 9.90 Å². The molecule has 0 radical (unpaired) electrons. The highest BCUT2D eigenvalue weighted by Crippen LogP contribution is 2.28. The number of carbonyl (C=O) groups is 1.